The number of aryl methyl sites for hydroxylation is 1. The van der Waals surface area contributed by atoms with Crippen molar-refractivity contribution in [3.05, 3.63) is 44.7 Å². The third kappa shape index (κ3) is 2.86. The van der Waals surface area contributed by atoms with E-state index in [-0.39, 0.29) is 11.4 Å². The van der Waals surface area contributed by atoms with E-state index in [1.807, 2.05) is 0 Å². The van der Waals surface area contributed by atoms with Crippen molar-refractivity contribution in [2.75, 3.05) is 12.4 Å². The van der Waals surface area contributed by atoms with Crippen molar-refractivity contribution in [1.29, 1.82) is 0 Å². The number of hydrogen-bond acceptors (Lipinski definition) is 5. The second-order valence-corrected chi connectivity index (χ2v) is 4.87. The fourth-order valence-corrected chi connectivity index (χ4v) is 2.16. The van der Waals surface area contributed by atoms with Crippen molar-refractivity contribution in [3.8, 4) is 5.75 Å². The van der Waals surface area contributed by atoms with Crippen LogP contribution >= 0.6 is 11.6 Å². The maximum atomic E-state index is 12.2. The van der Waals surface area contributed by atoms with Gasteiger partial charge in [0.05, 0.1) is 17.1 Å². The van der Waals surface area contributed by atoms with Crippen LogP contribution in [0.1, 0.15) is 16.2 Å². The molecule has 116 valence electrons. The maximum Gasteiger partial charge on any atom is 0.322 e. The average Bonchev–Trinajstić information content (AvgIpc) is 2.75. The molecule has 0 aliphatic carbocycles. The summed E-state index contributed by atoms with van der Waals surface area (Å²) >= 11 is 5.97. The van der Waals surface area contributed by atoms with Crippen molar-refractivity contribution in [2.45, 2.75) is 6.92 Å². The minimum atomic E-state index is -0.684. The van der Waals surface area contributed by atoms with Crippen molar-refractivity contribution < 1.29 is 14.5 Å². The Bertz CT molecular complexity index is 757. The molecule has 0 aliphatic rings. The normalized spacial score (nSPS) is 10.4. The summed E-state index contributed by atoms with van der Waals surface area (Å²) < 4.78 is 6.30. The molecule has 0 bridgehead atoms. The molecule has 1 amide bonds. The van der Waals surface area contributed by atoms with Gasteiger partial charge >= 0.3 is 5.69 Å². The van der Waals surface area contributed by atoms with Crippen molar-refractivity contribution in [2.24, 2.45) is 7.05 Å². The Kier molecular flexibility index (Phi) is 4.32. The number of benzene rings is 1. The summed E-state index contributed by atoms with van der Waals surface area (Å²) in [6.07, 6.45) is 0. The van der Waals surface area contributed by atoms with Gasteiger partial charge in [0.25, 0.3) is 5.91 Å². The fourth-order valence-electron chi connectivity index (χ4n) is 1.90. The SMILES string of the molecule is COc1ccc(NC(=O)c2nn(C)c(C)c2[N+](=O)[O-])cc1Cl. The molecule has 0 fully saturated rings. The molecular weight excluding hydrogens is 312 g/mol. The van der Waals surface area contributed by atoms with Crippen molar-refractivity contribution >= 4 is 28.9 Å². The van der Waals surface area contributed by atoms with Gasteiger partial charge in [-0.2, -0.15) is 5.10 Å². The zero-order valence-corrected chi connectivity index (χ0v) is 12.8. The lowest BCUT2D eigenvalue weighted by atomic mass is 10.2. The van der Waals surface area contributed by atoms with Gasteiger partial charge in [-0.1, -0.05) is 11.6 Å². The Morgan fingerprint density at radius 2 is 2.18 bits per heavy atom. The quantitative estimate of drug-likeness (QED) is 0.688. The molecule has 1 heterocycles. The molecule has 0 radical (unpaired) electrons. The van der Waals surface area contributed by atoms with Gasteiger partial charge < -0.3 is 10.1 Å². The Hall–Kier alpha value is -2.61. The third-order valence-corrected chi connectivity index (χ3v) is 3.41. The van der Waals surface area contributed by atoms with Crippen LogP contribution in [0.3, 0.4) is 0 Å². The fraction of sp³-hybridized carbons (Fsp3) is 0.231. The lowest BCUT2D eigenvalue weighted by molar-refractivity contribution is -0.385. The smallest absolute Gasteiger partial charge is 0.322 e. The molecule has 0 aliphatic heterocycles. The third-order valence-electron chi connectivity index (χ3n) is 3.11. The number of nitrogens with one attached hydrogen (secondary N) is 1. The first-order chi connectivity index (χ1) is 10.3. The largest absolute Gasteiger partial charge is 0.495 e. The van der Waals surface area contributed by atoms with E-state index in [1.54, 1.807) is 12.1 Å². The van der Waals surface area contributed by atoms with E-state index in [2.05, 4.69) is 10.4 Å². The van der Waals surface area contributed by atoms with E-state index in [0.29, 0.717) is 22.2 Å². The van der Waals surface area contributed by atoms with Crippen molar-refractivity contribution in [1.82, 2.24) is 9.78 Å². The van der Waals surface area contributed by atoms with Crippen LogP contribution in [0, 0.1) is 17.0 Å². The van der Waals surface area contributed by atoms with Crippen LogP contribution in [0.25, 0.3) is 0 Å². The number of amides is 1. The number of methoxy groups -OCH3 is 1. The summed E-state index contributed by atoms with van der Waals surface area (Å²) in [7, 11) is 3.00. The highest BCUT2D eigenvalue weighted by molar-refractivity contribution is 6.32. The van der Waals surface area contributed by atoms with E-state index < -0.39 is 10.8 Å². The van der Waals surface area contributed by atoms with Crippen LogP contribution in [0.4, 0.5) is 11.4 Å². The molecule has 8 nitrogen and oxygen atoms in total. The predicted molar refractivity (Wildman–Crippen MR) is 80.6 cm³/mol. The van der Waals surface area contributed by atoms with Crippen molar-refractivity contribution in [3.63, 3.8) is 0 Å². The molecule has 0 atom stereocenters. The molecule has 0 spiro atoms. The van der Waals surface area contributed by atoms with E-state index >= 15 is 0 Å². The van der Waals surface area contributed by atoms with Gasteiger partial charge in [0.15, 0.2) is 0 Å². The molecule has 9 heteroatoms. The highest BCUT2D eigenvalue weighted by atomic mass is 35.5. The number of halogens is 1. The molecule has 1 aromatic heterocycles. The Labute approximate surface area is 130 Å². The van der Waals surface area contributed by atoms with E-state index in [4.69, 9.17) is 16.3 Å². The molecular formula is C13H13ClN4O4. The van der Waals surface area contributed by atoms with E-state index in [1.165, 1.54) is 31.8 Å². The summed E-state index contributed by atoms with van der Waals surface area (Å²) in [5.41, 5.74) is 0.105. The van der Waals surface area contributed by atoms with Crippen LogP contribution in [0.5, 0.6) is 5.75 Å². The second kappa shape index (κ2) is 6.02. The minimum Gasteiger partial charge on any atom is -0.495 e. The highest BCUT2D eigenvalue weighted by Crippen LogP contribution is 2.28. The summed E-state index contributed by atoms with van der Waals surface area (Å²) in [4.78, 5) is 22.7. The molecule has 0 saturated carbocycles. The average molecular weight is 325 g/mol. The van der Waals surface area contributed by atoms with Gasteiger partial charge in [-0.25, -0.2) is 0 Å². The van der Waals surface area contributed by atoms with Crippen LogP contribution in [0.2, 0.25) is 5.02 Å². The van der Waals surface area contributed by atoms with E-state index in [9.17, 15) is 14.9 Å². The zero-order chi connectivity index (χ0) is 16.4. The summed E-state index contributed by atoms with van der Waals surface area (Å²) in [5.74, 6) is -0.226. The number of hydrogen-bond donors (Lipinski definition) is 1. The van der Waals surface area contributed by atoms with Crippen LogP contribution in [-0.4, -0.2) is 27.7 Å². The number of aromatic nitrogens is 2. The van der Waals surface area contributed by atoms with Gasteiger partial charge in [0.2, 0.25) is 5.69 Å². The number of carbonyl (C=O) groups excluding carboxylic acids is 1. The molecule has 22 heavy (non-hydrogen) atoms. The Morgan fingerprint density at radius 1 is 1.50 bits per heavy atom. The first kappa shape index (κ1) is 15.8. The van der Waals surface area contributed by atoms with Gasteiger partial charge in [0.1, 0.15) is 11.4 Å². The summed E-state index contributed by atoms with van der Waals surface area (Å²) in [6, 6.07) is 4.64. The first-order valence-electron chi connectivity index (χ1n) is 6.18. The van der Waals surface area contributed by atoms with Gasteiger partial charge in [0, 0.05) is 12.7 Å². The number of nitrogens with zero attached hydrogens (tertiary/aromatic N) is 3. The van der Waals surface area contributed by atoms with Gasteiger partial charge in [-0.05, 0) is 25.1 Å². The van der Waals surface area contributed by atoms with Gasteiger partial charge in [-0.15, -0.1) is 0 Å². The highest BCUT2D eigenvalue weighted by Gasteiger charge is 2.29. The summed E-state index contributed by atoms with van der Waals surface area (Å²) in [5, 5.41) is 17.8. The molecule has 2 rings (SSSR count). The topological polar surface area (TPSA) is 99.3 Å². The lowest BCUT2D eigenvalue weighted by Gasteiger charge is -2.06. The number of nitro groups is 1. The number of carbonyl (C=O) groups is 1. The number of anilines is 1. The monoisotopic (exact) mass is 324 g/mol. The first-order valence-corrected chi connectivity index (χ1v) is 6.55. The van der Waals surface area contributed by atoms with Crippen LogP contribution in [-0.2, 0) is 7.05 Å². The molecule has 0 unspecified atom stereocenters. The van der Waals surface area contributed by atoms with Crippen LogP contribution in [0.15, 0.2) is 18.2 Å². The van der Waals surface area contributed by atoms with Crippen LogP contribution < -0.4 is 10.1 Å². The zero-order valence-electron chi connectivity index (χ0n) is 12.1. The standard InChI is InChI=1S/C13H13ClN4O4/c1-7-12(18(20)21)11(16-17(7)2)13(19)15-8-4-5-10(22-3)9(14)6-8/h4-6H,1-3H3,(H,15,19). The minimum absolute atomic E-state index is 0.253. The number of rotatable bonds is 4. The Morgan fingerprint density at radius 3 is 2.73 bits per heavy atom. The predicted octanol–water partition coefficient (Wildman–Crippen LogP) is 2.55. The molecule has 2 aromatic rings. The number of ether oxygens (including phenoxy) is 1. The second-order valence-electron chi connectivity index (χ2n) is 4.47. The molecule has 1 aromatic carbocycles. The van der Waals surface area contributed by atoms with Gasteiger partial charge in [-0.3, -0.25) is 19.6 Å². The Balaban J connectivity index is 2.32. The summed E-state index contributed by atoms with van der Waals surface area (Å²) in [6.45, 7) is 1.52. The van der Waals surface area contributed by atoms with E-state index in [0.717, 1.165) is 0 Å². The maximum absolute atomic E-state index is 12.2. The lowest BCUT2D eigenvalue weighted by Crippen LogP contribution is -2.14. The molecule has 0 saturated heterocycles. The molecule has 1 N–H and O–H groups in total.